The molecule has 1 N–H and O–H groups in total. The molecule has 5 nitrogen and oxygen atoms in total. The van der Waals surface area contributed by atoms with Gasteiger partial charge in [0, 0.05) is 19.1 Å². The summed E-state index contributed by atoms with van der Waals surface area (Å²) in [6.07, 6.45) is 4.62. The number of ether oxygens (including phenoxy) is 1. The Kier molecular flexibility index (Phi) is 5.01. The van der Waals surface area contributed by atoms with E-state index in [1.807, 2.05) is 0 Å². The van der Waals surface area contributed by atoms with Crippen LogP contribution in [-0.2, 0) is 6.54 Å². The molecule has 18 heavy (non-hydrogen) atoms. The quantitative estimate of drug-likeness (QED) is 0.725. The van der Waals surface area contributed by atoms with E-state index in [0.717, 1.165) is 31.9 Å². The second kappa shape index (κ2) is 6.75. The van der Waals surface area contributed by atoms with E-state index in [1.165, 1.54) is 12.8 Å². The minimum Gasteiger partial charge on any atom is -0.449 e. The molecule has 102 valence electrons. The van der Waals surface area contributed by atoms with Gasteiger partial charge < -0.3 is 19.4 Å². The molecule has 1 aliphatic rings. The lowest BCUT2D eigenvalue weighted by Gasteiger charge is -2.16. The van der Waals surface area contributed by atoms with Crippen molar-refractivity contribution < 1.29 is 9.15 Å². The first-order valence-electron chi connectivity index (χ1n) is 6.84. The average Bonchev–Trinajstić information content (AvgIpc) is 3.12. The summed E-state index contributed by atoms with van der Waals surface area (Å²) in [7, 11) is 0. The lowest BCUT2D eigenvalue weighted by atomic mass is 10.5. The van der Waals surface area contributed by atoms with Gasteiger partial charge in [-0.15, -0.1) is 0 Å². The molecule has 0 spiro atoms. The van der Waals surface area contributed by atoms with Gasteiger partial charge in [0.25, 0.3) is 0 Å². The van der Waals surface area contributed by atoms with E-state index >= 15 is 0 Å². The summed E-state index contributed by atoms with van der Waals surface area (Å²) in [5.41, 5.74) is 0.916. The molecule has 0 amide bonds. The molecule has 0 bridgehead atoms. The van der Waals surface area contributed by atoms with Crippen molar-refractivity contribution in [2.24, 2.45) is 0 Å². The van der Waals surface area contributed by atoms with Crippen LogP contribution in [0, 0.1) is 0 Å². The van der Waals surface area contributed by atoms with E-state index < -0.39 is 0 Å². The van der Waals surface area contributed by atoms with Gasteiger partial charge in [-0.3, -0.25) is 0 Å². The summed E-state index contributed by atoms with van der Waals surface area (Å²) in [5.74, 6) is 0. The maximum Gasteiger partial charge on any atom is 0.393 e. The summed E-state index contributed by atoms with van der Waals surface area (Å²) in [6, 6.07) is 0.689. The fourth-order valence-corrected chi connectivity index (χ4v) is 1.77. The zero-order chi connectivity index (χ0) is 12.8. The molecule has 0 atom stereocenters. The number of aromatic nitrogens is 1. The first-order valence-corrected chi connectivity index (χ1v) is 6.84. The van der Waals surface area contributed by atoms with Crippen molar-refractivity contribution in [3.05, 3.63) is 12.0 Å². The number of nitrogens with zero attached hydrogens (tertiary/aromatic N) is 2. The highest BCUT2D eigenvalue weighted by Crippen LogP contribution is 2.19. The zero-order valence-electron chi connectivity index (χ0n) is 11.3. The lowest BCUT2D eigenvalue weighted by molar-refractivity contribution is 0.183. The number of hydrogen-bond donors (Lipinski definition) is 1. The van der Waals surface area contributed by atoms with Crippen LogP contribution in [0.5, 0.6) is 6.08 Å². The Morgan fingerprint density at radius 3 is 2.89 bits per heavy atom. The van der Waals surface area contributed by atoms with Crippen LogP contribution in [0.15, 0.2) is 10.7 Å². The van der Waals surface area contributed by atoms with Crippen LogP contribution in [0.4, 0.5) is 0 Å². The van der Waals surface area contributed by atoms with Crippen LogP contribution in [0.2, 0.25) is 0 Å². The molecule has 1 heterocycles. The summed E-state index contributed by atoms with van der Waals surface area (Å²) in [4.78, 5) is 6.59. The molecule has 0 aliphatic heterocycles. The van der Waals surface area contributed by atoms with Gasteiger partial charge in [-0.2, -0.15) is 4.98 Å². The Morgan fingerprint density at radius 1 is 1.44 bits per heavy atom. The van der Waals surface area contributed by atoms with Crippen LogP contribution in [0.1, 0.15) is 32.4 Å². The number of oxazole rings is 1. The van der Waals surface area contributed by atoms with Crippen molar-refractivity contribution in [2.45, 2.75) is 39.3 Å². The van der Waals surface area contributed by atoms with Gasteiger partial charge in [0.2, 0.25) is 0 Å². The highest BCUT2D eigenvalue weighted by atomic mass is 16.6. The molecule has 0 saturated heterocycles. The zero-order valence-corrected chi connectivity index (χ0v) is 11.3. The van der Waals surface area contributed by atoms with E-state index in [1.54, 1.807) is 6.26 Å². The third-order valence-corrected chi connectivity index (χ3v) is 3.21. The SMILES string of the molecule is CCN(CC)CCOc1nc(CNC2CC2)co1. The smallest absolute Gasteiger partial charge is 0.393 e. The fraction of sp³-hybridized carbons (Fsp3) is 0.769. The van der Waals surface area contributed by atoms with Crippen molar-refractivity contribution in [3.8, 4) is 6.08 Å². The topological polar surface area (TPSA) is 50.5 Å². The third kappa shape index (κ3) is 4.31. The molecule has 0 aromatic carbocycles. The molecule has 1 saturated carbocycles. The number of rotatable bonds is 9. The first kappa shape index (κ1) is 13.4. The molecule has 1 aliphatic carbocycles. The van der Waals surface area contributed by atoms with Crippen LogP contribution in [0.3, 0.4) is 0 Å². The largest absolute Gasteiger partial charge is 0.449 e. The van der Waals surface area contributed by atoms with E-state index in [9.17, 15) is 0 Å². The van der Waals surface area contributed by atoms with E-state index in [4.69, 9.17) is 9.15 Å². The predicted molar refractivity (Wildman–Crippen MR) is 69.6 cm³/mol. The van der Waals surface area contributed by atoms with Gasteiger partial charge >= 0.3 is 6.08 Å². The molecule has 0 unspecified atom stereocenters. The van der Waals surface area contributed by atoms with Crippen molar-refractivity contribution in [3.63, 3.8) is 0 Å². The van der Waals surface area contributed by atoms with Crippen molar-refractivity contribution in [2.75, 3.05) is 26.2 Å². The van der Waals surface area contributed by atoms with Crippen LogP contribution in [0.25, 0.3) is 0 Å². The summed E-state index contributed by atoms with van der Waals surface area (Å²) >= 11 is 0. The molecule has 1 fully saturated rings. The van der Waals surface area contributed by atoms with Crippen molar-refractivity contribution in [1.29, 1.82) is 0 Å². The Hall–Kier alpha value is -1.07. The first-order chi connectivity index (χ1) is 8.81. The number of likely N-dealkylation sites (N-methyl/N-ethyl adjacent to an activating group) is 1. The van der Waals surface area contributed by atoms with Gasteiger partial charge in [-0.1, -0.05) is 13.8 Å². The second-order valence-electron chi connectivity index (χ2n) is 4.64. The molecule has 5 heteroatoms. The predicted octanol–water partition coefficient (Wildman–Crippen LogP) is 1.65. The molecule has 2 rings (SSSR count). The van der Waals surface area contributed by atoms with Crippen LogP contribution in [-0.4, -0.2) is 42.2 Å². The Bertz CT molecular complexity index is 346. The average molecular weight is 253 g/mol. The molecule has 1 aromatic heterocycles. The van der Waals surface area contributed by atoms with Gasteiger partial charge in [-0.05, 0) is 25.9 Å². The Labute approximate surface area is 109 Å². The maximum atomic E-state index is 5.50. The second-order valence-corrected chi connectivity index (χ2v) is 4.64. The van der Waals surface area contributed by atoms with E-state index in [0.29, 0.717) is 18.7 Å². The standard InChI is InChI=1S/C13H23N3O2/c1-3-16(4-2)7-8-17-13-15-12(10-18-13)9-14-11-5-6-11/h10-11,14H,3-9H2,1-2H3. The minimum absolute atomic E-state index is 0.384. The molecular weight excluding hydrogens is 230 g/mol. The monoisotopic (exact) mass is 253 g/mol. The van der Waals surface area contributed by atoms with Gasteiger partial charge in [-0.25, -0.2) is 0 Å². The Balaban J connectivity index is 1.65. The maximum absolute atomic E-state index is 5.50. The lowest BCUT2D eigenvalue weighted by Crippen LogP contribution is -2.27. The van der Waals surface area contributed by atoms with Crippen molar-refractivity contribution >= 4 is 0 Å². The molecule has 1 aromatic rings. The summed E-state index contributed by atoms with van der Waals surface area (Å²) < 4.78 is 10.8. The Morgan fingerprint density at radius 2 is 2.22 bits per heavy atom. The molecular formula is C13H23N3O2. The van der Waals surface area contributed by atoms with Gasteiger partial charge in [0.05, 0.1) is 5.69 Å². The minimum atomic E-state index is 0.384. The number of hydrogen-bond acceptors (Lipinski definition) is 5. The van der Waals surface area contributed by atoms with Gasteiger partial charge in [0.1, 0.15) is 12.9 Å². The van der Waals surface area contributed by atoms with Crippen LogP contribution >= 0.6 is 0 Å². The summed E-state index contributed by atoms with van der Waals surface area (Å²) in [6.45, 7) is 8.69. The van der Waals surface area contributed by atoms with Crippen molar-refractivity contribution in [1.82, 2.24) is 15.2 Å². The highest BCUT2D eigenvalue weighted by molar-refractivity contribution is 5.00. The highest BCUT2D eigenvalue weighted by Gasteiger charge is 2.20. The van der Waals surface area contributed by atoms with Crippen LogP contribution < -0.4 is 10.1 Å². The van der Waals surface area contributed by atoms with E-state index in [-0.39, 0.29) is 0 Å². The third-order valence-electron chi connectivity index (χ3n) is 3.21. The fourth-order valence-electron chi connectivity index (χ4n) is 1.77. The van der Waals surface area contributed by atoms with E-state index in [2.05, 4.69) is 29.0 Å². The van der Waals surface area contributed by atoms with Gasteiger partial charge in [0.15, 0.2) is 0 Å². The molecule has 0 radical (unpaired) electrons. The normalized spacial score (nSPS) is 15.3. The number of nitrogens with one attached hydrogen (secondary N) is 1. The summed E-state index contributed by atoms with van der Waals surface area (Å²) in [5, 5.41) is 3.39.